The van der Waals surface area contributed by atoms with Crippen LogP contribution in [-0.2, 0) is 6.42 Å². The highest BCUT2D eigenvalue weighted by Crippen LogP contribution is 2.21. The lowest BCUT2D eigenvalue weighted by Gasteiger charge is -2.13. The molecule has 0 bridgehead atoms. The third-order valence-corrected chi connectivity index (χ3v) is 4.52. The maximum absolute atomic E-state index is 5.95. The summed E-state index contributed by atoms with van der Waals surface area (Å²) in [5.41, 5.74) is 3.21. The van der Waals surface area contributed by atoms with Gasteiger partial charge in [0.25, 0.3) is 0 Å². The molecule has 0 amide bonds. The standard InChI is InChI=1S/C22H26ClN5/c1-28(2)15-14-25-22-26-20(18-6-4-3-5-7-18)16-21(27-22)24-13-12-17-8-10-19(23)11-9-17/h3-11,16H,12-15H2,1-2H3,(H2,24,25,26,27). The number of anilines is 2. The van der Waals surface area contributed by atoms with Crippen LogP contribution in [0.4, 0.5) is 11.8 Å². The second kappa shape index (κ2) is 10.1. The normalized spacial score (nSPS) is 10.9. The third-order valence-electron chi connectivity index (χ3n) is 4.27. The first-order chi connectivity index (χ1) is 13.6. The molecule has 146 valence electrons. The van der Waals surface area contributed by atoms with Gasteiger partial charge in [-0.1, -0.05) is 54.1 Å². The van der Waals surface area contributed by atoms with Gasteiger partial charge in [0.05, 0.1) is 5.69 Å². The van der Waals surface area contributed by atoms with Crippen molar-refractivity contribution in [1.82, 2.24) is 14.9 Å². The van der Waals surface area contributed by atoms with Crippen LogP contribution in [0.25, 0.3) is 11.3 Å². The number of halogens is 1. The van der Waals surface area contributed by atoms with E-state index < -0.39 is 0 Å². The van der Waals surface area contributed by atoms with Crippen LogP contribution in [0, 0.1) is 0 Å². The third kappa shape index (κ3) is 6.22. The molecule has 6 heteroatoms. The Bertz CT molecular complexity index is 866. The summed E-state index contributed by atoms with van der Waals surface area (Å²) >= 11 is 5.95. The minimum absolute atomic E-state index is 0.636. The van der Waals surface area contributed by atoms with E-state index in [9.17, 15) is 0 Å². The summed E-state index contributed by atoms with van der Waals surface area (Å²) in [6.45, 7) is 2.48. The number of hydrogen-bond acceptors (Lipinski definition) is 5. The van der Waals surface area contributed by atoms with Crippen molar-refractivity contribution in [3.8, 4) is 11.3 Å². The number of hydrogen-bond donors (Lipinski definition) is 2. The van der Waals surface area contributed by atoms with Crippen LogP contribution in [0.5, 0.6) is 0 Å². The van der Waals surface area contributed by atoms with Crippen molar-refractivity contribution >= 4 is 23.4 Å². The van der Waals surface area contributed by atoms with Crippen molar-refractivity contribution < 1.29 is 0 Å². The van der Waals surface area contributed by atoms with Gasteiger partial charge < -0.3 is 15.5 Å². The molecule has 3 rings (SSSR count). The van der Waals surface area contributed by atoms with Crippen LogP contribution < -0.4 is 10.6 Å². The van der Waals surface area contributed by atoms with Crippen molar-refractivity contribution in [3.63, 3.8) is 0 Å². The van der Waals surface area contributed by atoms with Crippen molar-refractivity contribution in [2.75, 3.05) is 44.4 Å². The fraction of sp³-hybridized carbons (Fsp3) is 0.273. The largest absolute Gasteiger partial charge is 0.370 e. The zero-order valence-electron chi connectivity index (χ0n) is 16.3. The predicted octanol–water partition coefficient (Wildman–Crippen LogP) is 4.43. The molecule has 0 saturated carbocycles. The van der Waals surface area contributed by atoms with Gasteiger partial charge in [-0.15, -0.1) is 0 Å². The molecule has 0 aliphatic carbocycles. The highest BCUT2D eigenvalue weighted by Gasteiger charge is 2.07. The molecule has 3 aromatic rings. The molecule has 1 aromatic heterocycles. The van der Waals surface area contributed by atoms with Gasteiger partial charge in [-0.05, 0) is 38.2 Å². The van der Waals surface area contributed by atoms with E-state index in [1.807, 2.05) is 62.6 Å². The van der Waals surface area contributed by atoms with Crippen LogP contribution >= 0.6 is 11.6 Å². The summed E-state index contributed by atoms with van der Waals surface area (Å²) in [4.78, 5) is 11.4. The zero-order chi connectivity index (χ0) is 19.8. The van der Waals surface area contributed by atoms with Gasteiger partial charge in [-0.25, -0.2) is 4.98 Å². The van der Waals surface area contributed by atoms with Crippen molar-refractivity contribution in [3.05, 3.63) is 71.2 Å². The lowest BCUT2D eigenvalue weighted by atomic mass is 10.1. The number of aromatic nitrogens is 2. The second-order valence-electron chi connectivity index (χ2n) is 6.86. The first-order valence-corrected chi connectivity index (χ1v) is 9.79. The number of nitrogens with one attached hydrogen (secondary N) is 2. The molecule has 5 nitrogen and oxygen atoms in total. The Balaban J connectivity index is 1.71. The van der Waals surface area contributed by atoms with E-state index in [1.165, 1.54) is 5.56 Å². The maximum Gasteiger partial charge on any atom is 0.225 e. The smallest absolute Gasteiger partial charge is 0.225 e. The minimum atomic E-state index is 0.636. The summed E-state index contributed by atoms with van der Waals surface area (Å²) in [5, 5.41) is 7.50. The molecule has 0 unspecified atom stereocenters. The van der Waals surface area contributed by atoms with E-state index in [0.29, 0.717) is 5.95 Å². The summed E-state index contributed by atoms with van der Waals surface area (Å²) < 4.78 is 0. The van der Waals surface area contributed by atoms with Gasteiger partial charge in [-0.2, -0.15) is 4.98 Å². The van der Waals surface area contributed by atoms with Gasteiger partial charge in [0.15, 0.2) is 0 Å². The Morgan fingerprint density at radius 2 is 1.64 bits per heavy atom. The summed E-state index contributed by atoms with van der Waals surface area (Å²) in [6.07, 6.45) is 0.894. The van der Waals surface area contributed by atoms with Gasteiger partial charge in [0, 0.05) is 36.3 Å². The molecular weight excluding hydrogens is 370 g/mol. The molecule has 0 fully saturated rings. The molecule has 28 heavy (non-hydrogen) atoms. The van der Waals surface area contributed by atoms with Crippen LogP contribution in [0.15, 0.2) is 60.7 Å². The van der Waals surface area contributed by atoms with E-state index >= 15 is 0 Å². The van der Waals surface area contributed by atoms with Crippen LogP contribution in [0.2, 0.25) is 5.02 Å². The molecule has 0 spiro atoms. The van der Waals surface area contributed by atoms with Gasteiger partial charge in [0.1, 0.15) is 5.82 Å². The van der Waals surface area contributed by atoms with E-state index in [-0.39, 0.29) is 0 Å². The summed E-state index contributed by atoms with van der Waals surface area (Å²) in [6, 6.07) is 20.1. The topological polar surface area (TPSA) is 53.1 Å². The number of rotatable bonds is 9. The first-order valence-electron chi connectivity index (χ1n) is 9.41. The van der Waals surface area contributed by atoms with Crippen molar-refractivity contribution in [1.29, 1.82) is 0 Å². The highest BCUT2D eigenvalue weighted by molar-refractivity contribution is 6.30. The fourth-order valence-corrected chi connectivity index (χ4v) is 2.88. The lowest BCUT2D eigenvalue weighted by molar-refractivity contribution is 0.425. The van der Waals surface area contributed by atoms with Gasteiger partial charge in [0.2, 0.25) is 5.95 Å². The summed E-state index contributed by atoms with van der Waals surface area (Å²) in [7, 11) is 4.10. The summed E-state index contributed by atoms with van der Waals surface area (Å²) in [5.74, 6) is 1.45. The Morgan fingerprint density at radius 1 is 0.893 bits per heavy atom. The molecule has 2 aromatic carbocycles. The average molecular weight is 396 g/mol. The highest BCUT2D eigenvalue weighted by atomic mass is 35.5. The average Bonchev–Trinajstić information content (AvgIpc) is 2.70. The molecule has 0 atom stereocenters. The van der Waals surface area contributed by atoms with Gasteiger partial charge >= 0.3 is 0 Å². The molecule has 0 saturated heterocycles. The van der Waals surface area contributed by atoms with E-state index in [1.54, 1.807) is 0 Å². The monoisotopic (exact) mass is 395 g/mol. The van der Waals surface area contributed by atoms with Crippen LogP contribution in [-0.4, -0.2) is 48.6 Å². The second-order valence-corrected chi connectivity index (χ2v) is 7.30. The Kier molecular flexibility index (Phi) is 7.23. The fourth-order valence-electron chi connectivity index (χ4n) is 2.75. The SMILES string of the molecule is CN(C)CCNc1nc(NCCc2ccc(Cl)cc2)cc(-c2ccccc2)n1. The number of nitrogens with zero attached hydrogens (tertiary/aromatic N) is 3. The van der Waals surface area contributed by atoms with Crippen LogP contribution in [0.1, 0.15) is 5.56 Å². The van der Waals surface area contributed by atoms with Crippen molar-refractivity contribution in [2.24, 2.45) is 0 Å². The zero-order valence-corrected chi connectivity index (χ0v) is 17.1. The molecule has 2 N–H and O–H groups in total. The first kappa shape index (κ1) is 20.1. The van der Waals surface area contributed by atoms with E-state index in [2.05, 4.69) is 37.6 Å². The quantitative estimate of drug-likeness (QED) is 0.561. The molecule has 0 radical (unpaired) electrons. The van der Waals surface area contributed by atoms with E-state index in [4.69, 9.17) is 11.6 Å². The lowest BCUT2D eigenvalue weighted by Crippen LogP contribution is -2.21. The number of benzene rings is 2. The Morgan fingerprint density at radius 3 is 2.36 bits per heavy atom. The Labute approximate surface area is 171 Å². The molecule has 0 aliphatic rings. The van der Waals surface area contributed by atoms with Crippen molar-refractivity contribution in [2.45, 2.75) is 6.42 Å². The van der Waals surface area contributed by atoms with Crippen LogP contribution in [0.3, 0.4) is 0 Å². The van der Waals surface area contributed by atoms with E-state index in [0.717, 1.165) is 48.2 Å². The molecule has 0 aliphatic heterocycles. The molecular formula is C22H26ClN5. The Hall–Kier alpha value is -2.63. The maximum atomic E-state index is 5.95. The number of likely N-dealkylation sites (N-methyl/N-ethyl adjacent to an activating group) is 1. The predicted molar refractivity (Wildman–Crippen MR) is 118 cm³/mol. The minimum Gasteiger partial charge on any atom is -0.370 e. The van der Waals surface area contributed by atoms with Gasteiger partial charge in [-0.3, -0.25) is 0 Å². The molecule has 1 heterocycles.